The number of nitrogens with zero attached hydrogens (tertiary/aromatic N) is 2. The SMILES string of the molecule is C=C(C)CN(CC)C(=O)Nc1ccnc(C)c1Cl. The van der Waals surface area contributed by atoms with E-state index < -0.39 is 0 Å². The van der Waals surface area contributed by atoms with E-state index in [9.17, 15) is 4.79 Å². The van der Waals surface area contributed by atoms with Crippen molar-refractivity contribution in [2.24, 2.45) is 0 Å². The van der Waals surface area contributed by atoms with Gasteiger partial charge in [-0.05, 0) is 26.8 Å². The number of anilines is 1. The average molecular weight is 268 g/mol. The van der Waals surface area contributed by atoms with Crippen molar-refractivity contribution >= 4 is 23.3 Å². The van der Waals surface area contributed by atoms with Crippen molar-refractivity contribution in [3.63, 3.8) is 0 Å². The fourth-order valence-electron chi connectivity index (χ4n) is 1.49. The van der Waals surface area contributed by atoms with Gasteiger partial charge in [-0.1, -0.05) is 23.8 Å². The van der Waals surface area contributed by atoms with E-state index in [2.05, 4.69) is 16.9 Å². The molecule has 1 aromatic heterocycles. The van der Waals surface area contributed by atoms with Crippen molar-refractivity contribution in [2.45, 2.75) is 20.8 Å². The second-order valence-corrected chi connectivity index (χ2v) is 4.54. The minimum atomic E-state index is -0.187. The molecular formula is C13H18ClN3O. The van der Waals surface area contributed by atoms with Gasteiger partial charge in [0.05, 0.1) is 16.4 Å². The third-order valence-electron chi connectivity index (χ3n) is 2.43. The standard InChI is InChI=1S/C13H18ClN3O/c1-5-17(8-9(2)3)13(18)16-11-6-7-15-10(4)12(11)14/h6-7H,2,5,8H2,1,3-4H3,(H,15,16,18). The number of likely N-dealkylation sites (N-methyl/N-ethyl adjacent to an activating group) is 1. The molecule has 2 amide bonds. The molecule has 0 fully saturated rings. The Labute approximate surface area is 113 Å². The Morgan fingerprint density at radius 2 is 2.28 bits per heavy atom. The van der Waals surface area contributed by atoms with Crippen LogP contribution in [-0.4, -0.2) is 29.0 Å². The minimum absolute atomic E-state index is 0.187. The van der Waals surface area contributed by atoms with E-state index in [1.807, 2.05) is 13.8 Å². The van der Waals surface area contributed by atoms with E-state index in [1.165, 1.54) is 0 Å². The molecule has 0 aliphatic rings. The van der Waals surface area contributed by atoms with Crippen LogP contribution in [0.4, 0.5) is 10.5 Å². The summed E-state index contributed by atoms with van der Waals surface area (Å²) in [4.78, 5) is 17.7. The lowest BCUT2D eigenvalue weighted by atomic mass is 10.3. The molecule has 4 nitrogen and oxygen atoms in total. The zero-order valence-corrected chi connectivity index (χ0v) is 11.7. The summed E-state index contributed by atoms with van der Waals surface area (Å²) in [6.45, 7) is 10.6. The Balaban J connectivity index is 2.80. The van der Waals surface area contributed by atoms with Crippen molar-refractivity contribution in [1.29, 1.82) is 0 Å². The Kier molecular flexibility index (Phi) is 5.16. The van der Waals surface area contributed by atoms with Crippen molar-refractivity contribution in [1.82, 2.24) is 9.88 Å². The van der Waals surface area contributed by atoms with Crippen LogP contribution in [0, 0.1) is 6.92 Å². The second kappa shape index (κ2) is 6.40. The molecule has 5 heteroatoms. The summed E-state index contributed by atoms with van der Waals surface area (Å²) >= 11 is 6.08. The molecule has 1 heterocycles. The van der Waals surface area contributed by atoms with Crippen LogP contribution in [0.2, 0.25) is 5.02 Å². The van der Waals surface area contributed by atoms with Gasteiger partial charge in [-0.3, -0.25) is 4.98 Å². The van der Waals surface area contributed by atoms with Crippen molar-refractivity contribution in [3.8, 4) is 0 Å². The number of pyridine rings is 1. The summed E-state index contributed by atoms with van der Waals surface area (Å²) in [6.07, 6.45) is 1.62. The number of urea groups is 1. The van der Waals surface area contributed by atoms with E-state index in [0.29, 0.717) is 29.5 Å². The summed E-state index contributed by atoms with van der Waals surface area (Å²) in [5, 5.41) is 3.25. The lowest BCUT2D eigenvalue weighted by molar-refractivity contribution is 0.218. The number of nitrogens with one attached hydrogen (secondary N) is 1. The molecule has 0 spiro atoms. The summed E-state index contributed by atoms with van der Waals surface area (Å²) in [6, 6.07) is 1.50. The Bertz CT molecular complexity index is 460. The second-order valence-electron chi connectivity index (χ2n) is 4.16. The Morgan fingerprint density at radius 1 is 1.61 bits per heavy atom. The number of aryl methyl sites for hydroxylation is 1. The molecular weight excluding hydrogens is 250 g/mol. The summed E-state index contributed by atoms with van der Waals surface area (Å²) in [7, 11) is 0. The predicted octanol–water partition coefficient (Wildman–Crippen LogP) is 3.47. The Hall–Kier alpha value is -1.55. The number of carbonyl (C=O) groups excluding carboxylic acids is 1. The molecule has 0 radical (unpaired) electrons. The van der Waals surface area contributed by atoms with Gasteiger partial charge in [0.2, 0.25) is 0 Å². The normalized spacial score (nSPS) is 10.0. The molecule has 98 valence electrons. The van der Waals surface area contributed by atoms with Gasteiger partial charge in [0, 0.05) is 19.3 Å². The molecule has 0 aliphatic heterocycles. The first-order valence-corrected chi connectivity index (χ1v) is 6.15. The number of aromatic nitrogens is 1. The van der Waals surface area contributed by atoms with Crippen LogP contribution in [0.5, 0.6) is 0 Å². The average Bonchev–Trinajstić information content (AvgIpc) is 2.31. The van der Waals surface area contributed by atoms with Gasteiger partial charge in [0.25, 0.3) is 0 Å². The molecule has 0 unspecified atom stereocenters. The van der Waals surface area contributed by atoms with E-state index in [1.54, 1.807) is 24.1 Å². The van der Waals surface area contributed by atoms with Crippen LogP contribution in [-0.2, 0) is 0 Å². The van der Waals surface area contributed by atoms with Crippen molar-refractivity contribution in [3.05, 3.63) is 35.1 Å². The van der Waals surface area contributed by atoms with Gasteiger partial charge in [0.1, 0.15) is 0 Å². The number of rotatable bonds is 4. The molecule has 0 aliphatic carbocycles. The van der Waals surface area contributed by atoms with Crippen LogP contribution < -0.4 is 5.32 Å². The number of amides is 2. The first-order valence-electron chi connectivity index (χ1n) is 5.77. The Morgan fingerprint density at radius 3 is 2.83 bits per heavy atom. The van der Waals surface area contributed by atoms with Gasteiger partial charge in [-0.15, -0.1) is 0 Å². The molecule has 0 atom stereocenters. The third-order valence-corrected chi connectivity index (χ3v) is 2.91. The maximum absolute atomic E-state index is 12.0. The zero-order valence-electron chi connectivity index (χ0n) is 11.0. The molecule has 0 bridgehead atoms. The van der Waals surface area contributed by atoms with E-state index in [-0.39, 0.29) is 6.03 Å². The lowest BCUT2D eigenvalue weighted by Crippen LogP contribution is -2.35. The van der Waals surface area contributed by atoms with Crippen LogP contribution >= 0.6 is 11.6 Å². The highest BCUT2D eigenvalue weighted by Gasteiger charge is 2.13. The number of carbonyl (C=O) groups is 1. The van der Waals surface area contributed by atoms with E-state index >= 15 is 0 Å². The molecule has 1 N–H and O–H groups in total. The van der Waals surface area contributed by atoms with Crippen LogP contribution in [0.1, 0.15) is 19.5 Å². The minimum Gasteiger partial charge on any atom is -0.321 e. The predicted molar refractivity (Wildman–Crippen MR) is 75.1 cm³/mol. The van der Waals surface area contributed by atoms with Crippen LogP contribution in [0.3, 0.4) is 0 Å². The molecule has 1 rings (SSSR count). The molecule has 18 heavy (non-hydrogen) atoms. The molecule has 0 aromatic carbocycles. The lowest BCUT2D eigenvalue weighted by Gasteiger charge is -2.21. The fraction of sp³-hybridized carbons (Fsp3) is 0.385. The van der Waals surface area contributed by atoms with Gasteiger partial charge in [0.15, 0.2) is 0 Å². The van der Waals surface area contributed by atoms with Crippen molar-refractivity contribution in [2.75, 3.05) is 18.4 Å². The van der Waals surface area contributed by atoms with Gasteiger partial charge in [-0.2, -0.15) is 0 Å². The third kappa shape index (κ3) is 3.74. The maximum atomic E-state index is 12.0. The summed E-state index contributed by atoms with van der Waals surface area (Å²) in [5.74, 6) is 0. The van der Waals surface area contributed by atoms with E-state index in [4.69, 9.17) is 11.6 Å². The number of halogens is 1. The zero-order chi connectivity index (χ0) is 13.7. The highest BCUT2D eigenvalue weighted by Crippen LogP contribution is 2.23. The smallest absolute Gasteiger partial charge is 0.321 e. The quantitative estimate of drug-likeness (QED) is 0.849. The van der Waals surface area contributed by atoms with Crippen molar-refractivity contribution < 1.29 is 4.79 Å². The number of hydrogen-bond donors (Lipinski definition) is 1. The van der Waals surface area contributed by atoms with Gasteiger partial charge < -0.3 is 10.2 Å². The van der Waals surface area contributed by atoms with Gasteiger partial charge in [-0.25, -0.2) is 4.79 Å². The highest BCUT2D eigenvalue weighted by atomic mass is 35.5. The fourth-order valence-corrected chi connectivity index (χ4v) is 1.65. The first-order chi connectivity index (χ1) is 8.45. The van der Waals surface area contributed by atoms with Gasteiger partial charge >= 0.3 is 6.03 Å². The summed E-state index contributed by atoms with van der Waals surface area (Å²) in [5.41, 5.74) is 2.20. The molecule has 1 aromatic rings. The number of hydrogen-bond acceptors (Lipinski definition) is 2. The van der Waals surface area contributed by atoms with Crippen LogP contribution in [0.25, 0.3) is 0 Å². The maximum Gasteiger partial charge on any atom is 0.322 e. The molecule has 0 saturated heterocycles. The topological polar surface area (TPSA) is 45.2 Å². The van der Waals surface area contributed by atoms with Crippen LogP contribution in [0.15, 0.2) is 24.4 Å². The highest BCUT2D eigenvalue weighted by molar-refractivity contribution is 6.34. The van der Waals surface area contributed by atoms with E-state index in [0.717, 1.165) is 5.57 Å². The first kappa shape index (κ1) is 14.5. The molecule has 0 saturated carbocycles. The largest absolute Gasteiger partial charge is 0.322 e. The monoisotopic (exact) mass is 267 g/mol. The summed E-state index contributed by atoms with van der Waals surface area (Å²) < 4.78 is 0.